The highest BCUT2D eigenvalue weighted by molar-refractivity contribution is 5.99. The van der Waals surface area contributed by atoms with Gasteiger partial charge in [-0.1, -0.05) is 24.3 Å². The summed E-state index contributed by atoms with van der Waals surface area (Å²) in [5.41, 5.74) is 6.66. The van der Waals surface area contributed by atoms with E-state index < -0.39 is 0 Å². The van der Waals surface area contributed by atoms with E-state index in [1.54, 1.807) is 19.1 Å². The number of carbonyl (C=O) groups excluding carboxylic acids is 1. The van der Waals surface area contributed by atoms with Crippen molar-refractivity contribution in [1.29, 1.82) is 0 Å². The summed E-state index contributed by atoms with van der Waals surface area (Å²) in [6, 6.07) is 4.54. The Balaban J connectivity index is 2.21. The number of benzene rings is 1. The maximum absolute atomic E-state index is 13.3. The minimum atomic E-state index is -0.336. The van der Waals surface area contributed by atoms with Crippen molar-refractivity contribution in [3.63, 3.8) is 0 Å². The van der Waals surface area contributed by atoms with Crippen molar-refractivity contribution in [1.82, 2.24) is 0 Å². The van der Waals surface area contributed by atoms with E-state index in [1.165, 1.54) is 6.07 Å². The van der Waals surface area contributed by atoms with E-state index in [4.69, 9.17) is 5.73 Å². The average Bonchev–Trinajstić information content (AvgIpc) is 2.68. The maximum Gasteiger partial charge on any atom is 0.169 e. The van der Waals surface area contributed by atoms with Crippen LogP contribution in [0.25, 0.3) is 0 Å². The summed E-state index contributed by atoms with van der Waals surface area (Å²) in [5.74, 6) is -0.586. The first-order chi connectivity index (χ1) is 7.58. The summed E-state index contributed by atoms with van der Waals surface area (Å²) in [4.78, 5) is 12.0. The van der Waals surface area contributed by atoms with Crippen LogP contribution < -0.4 is 5.73 Å². The van der Waals surface area contributed by atoms with Crippen molar-refractivity contribution < 1.29 is 9.18 Å². The standard InChI is InChI=1S/C13H14FNO/c1-8-2-3-10(7-12(8)14)13(16)9-4-5-11(15)6-9/h2-5,7,9,11H,6,15H2,1H3. The van der Waals surface area contributed by atoms with Crippen molar-refractivity contribution in [2.24, 2.45) is 11.7 Å². The molecule has 0 heterocycles. The number of hydrogen-bond donors (Lipinski definition) is 1. The van der Waals surface area contributed by atoms with Crippen LogP contribution >= 0.6 is 0 Å². The molecule has 3 heteroatoms. The molecular formula is C13H14FNO. The molecule has 2 nitrogen and oxygen atoms in total. The van der Waals surface area contributed by atoms with Gasteiger partial charge in [-0.3, -0.25) is 4.79 Å². The SMILES string of the molecule is Cc1ccc(C(=O)C2C=CC(N)C2)cc1F. The molecule has 2 N–H and O–H groups in total. The van der Waals surface area contributed by atoms with Crippen LogP contribution in [-0.4, -0.2) is 11.8 Å². The Labute approximate surface area is 94.0 Å². The minimum absolute atomic E-state index is 0.0516. The molecule has 1 aromatic carbocycles. The molecule has 1 aliphatic carbocycles. The molecule has 0 aliphatic heterocycles. The molecule has 0 spiro atoms. The van der Waals surface area contributed by atoms with Crippen LogP contribution in [0.3, 0.4) is 0 Å². The molecule has 0 fully saturated rings. The van der Waals surface area contributed by atoms with E-state index in [0.717, 1.165) is 0 Å². The van der Waals surface area contributed by atoms with E-state index >= 15 is 0 Å². The zero-order valence-corrected chi connectivity index (χ0v) is 9.11. The van der Waals surface area contributed by atoms with Gasteiger partial charge in [0.2, 0.25) is 0 Å². The monoisotopic (exact) mass is 219 g/mol. The van der Waals surface area contributed by atoms with Gasteiger partial charge < -0.3 is 5.73 Å². The zero-order valence-electron chi connectivity index (χ0n) is 9.11. The molecule has 0 bridgehead atoms. The number of nitrogens with two attached hydrogens (primary N) is 1. The van der Waals surface area contributed by atoms with Crippen molar-refractivity contribution in [3.05, 3.63) is 47.3 Å². The second-order valence-electron chi connectivity index (χ2n) is 4.22. The van der Waals surface area contributed by atoms with Crippen LogP contribution in [0.15, 0.2) is 30.4 Å². The Hall–Kier alpha value is -1.48. The maximum atomic E-state index is 13.3. The fraction of sp³-hybridized carbons (Fsp3) is 0.308. The van der Waals surface area contributed by atoms with Crippen LogP contribution in [0.4, 0.5) is 4.39 Å². The van der Waals surface area contributed by atoms with Gasteiger partial charge in [0.25, 0.3) is 0 Å². The normalized spacial score (nSPS) is 23.7. The Morgan fingerprint density at radius 1 is 1.44 bits per heavy atom. The molecule has 1 aliphatic rings. The van der Waals surface area contributed by atoms with Gasteiger partial charge in [-0.2, -0.15) is 0 Å². The van der Waals surface area contributed by atoms with Gasteiger partial charge in [0.15, 0.2) is 5.78 Å². The molecule has 0 saturated heterocycles. The fourth-order valence-corrected chi connectivity index (χ4v) is 1.88. The van der Waals surface area contributed by atoms with Crippen molar-refractivity contribution in [3.8, 4) is 0 Å². The van der Waals surface area contributed by atoms with Crippen LogP contribution in [0.2, 0.25) is 0 Å². The molecule has 84 valence electrons. The van der Waals surface area contributed by atoms with Crippen LogP contribution in [0.5, 0.6) is 0 Å². The Morgan fingerprint density at radius 2 is 2.19 bits per heavy atom. The van der Waals surface area contributed by atoms with Gasteiger partial charge in [-0.05, 0) is 25.0 Å². The molecule has 0 radical (unpaired) electrons. The Kier molecular flexibility index (Phi) is 2.88. The second-order valence-corrected chi connectivity index (χ2v) is 4.22. The van der Waals surface area contributed by atoms with Crippen molar-refractivity contribution in [2.75, 3.05) is 0 Å². The molecule has 0 saturated carbocycles. The number of rotatable bonds is 2. The van der Waals surface area contributed by atoms with Crippen molar-refractivity contribution in [2.45, 2.75) is 19.4 Å². The molecule has 1 aromatic rings. The number of ketones is 1. The summed E-state index contributed by atoms with van der Waals surface area (Å²) in [6.07, 6.45) is 4.26. The zero-order chi connectivity index (χ0) is 11.7. The van der Waals surface area contributed by atoms with Gasteiger partial charge in [0.05, 0.1) is 0 Å². The number of halogens is 1. The molecule has 2 unspecified atom stereocenters. The van der Waals surface area contributed by atoms with Gasteiger partial charge in [0, 0.05) is 17.5 Å². The lowest BCUT2D eigenvalue weighted by Gasteiger charge is -2.08. The van der Waals surface area contributed by atoms with E-state index in [-0.39, 0.29) is 23.6 Å². The second kappa shape index (κ2) is 4.18. The molecular weight excluding hydrogens is 205 g/mol. The first-order valence-corrected chi connectivity index (χ1v) is 5.32. The Bertz CT molecular complexity index is 453. The number of allylic oxidation sites excluding steroid dienone is 1. The van der Waals surface area contributed by atoms with E-state index in [2.05, 4.69) is 0 Å². The summed E-state index contributed by atoms with van der Waals surface area (Å²) < 4.78 is 13.3. The lowest BCUT2D eigenvalue weighted by Crippen LogP contribution is -2.19. The van der Waals surface area contributed by atoms with E-state index in [9.17, 15) is 9.18 Å². The van der Waals surface area contributed by atoms with Gasteiger partial charge in [0.1, 0.15) is 5.82 Å². The third kappa shape index (κ3) is 2.04. The molecule has 16 heavy (non-hydrogen) atoms. The molecule has 2 rings (SSSR count). The van der Waals surface area contributed by atoms with E-state index in [1.807, 2.05) is 12.2 Å². The molecule has 2 atom stereocenters. The highest BCUT2D eigenvalue weighted by Gasteiger charge is 2.24. The number of carbonyl (C=O) groups is 1. The smallest absolute Gasteiger partial charge is 0.169 e. The quantitative estimate of drug-likeness (QED) is 0.612. The number of Topliss-reactive ketones (excluding diaryl/α,β-unsaturated/α-hetero) is 1. The van der Waals surface area contributed by atoms with Gasteiger partial charge >= 0.3 is 0 Å². The predicted molar refractivity (Wildman–Crippen MR) is 60.7 cm³/mol. The largest absolute Gasteiger partial charge is 0.324 e. The molecule has 0 amide bonds. The topological polar surface area (TPSA) is 43.1 Å². The summed E-state index contributed by atoms with van der Waals surface area (Å²) in [6.45, 7) is 1.68. The van der Waals surface area contributed by atoms with Crippen LogP contribution in [-0.2, 0) is 0 Å². The van der Waals surface area contributed by atoms with E-state index in [0.29, 0.717) is 17.5 Å². The molecule has 0 aromatic heterocycles. The predicted octanol–water partition coefficient (Wildman–Crippen LogP) is 2.22. The summed E-state index contributed by atoms with van der Waals surface area (Å²) in [7, 11) is 0. The van der Waals surface area contributed by atoms with Crippen molar-refractivity contribution >= 4 is 5.78 Å². The van der Waals surface area contributed by atoms with Crippen LogP contribution in [0, 0.1) is 18.7 Å². The average molecular weight is 219 g/mol. The van der Waals surface area contributed by atoms with Gasteiger partial charge in [-0.25, -0.2) is 4.39 Å². The fourth-order valence-electron chi connectivity index (χ4n) is 1.88. The van der Waals surface area contributed by atoms with Gasteiger partial charge in [-0.15, -0.1) is 0 Å². The van der Waals surface area contributed by atoms with Crippen LogP contribution in [0.1, 0.15) is 22.3 Å². The third-order valence-corrected chi connectivity index (χ3v) is 2.91. The lowest BCUT2D eigenvalue weighted by atomic mass is 9.96. The highest BCUT2D eigenvalue weighted by atomic mass is 19.1. The minimum Gasteiger partial charge on any atom is -0.324 e. The Morgan fingerprint density at radius 3 is 2.75 bits per heavy atom. The summed E-state index contributed by atoms with van der Waals surface area (Å²) >= 11 is 0. The summed E-state index contributed by atoms with van der Waals surface area (Å²) in [5, 5.41) is 0. The third-order valence-electron chi connectivity index (χ3n) is 2.91. The first-order valence-electron chi connectivity index (χ1n) is 5.32. The first kappa shape index (κ1) is 11.0. The lowest BCUT2D eigenvalue weighted by molar-refractivity contribution is 0.0942. The number of aryl methyl sites for hydroxylation is 1. The highest BCUT2D eigenvalue weighted by Crippen LogP contribution is 2.22. The number of hydrogen-bond acceptors (Lipinski definition) is 2.